The largest absolute Gasteiger partial charge is 0.396 e. The van der Waals surface area contributed by atoms with E-state index in [2.05, 4.69) is 5.32 Å². The Morgan fingerprint density at radius 2 is 2.00 bits per heavy atom. The van der Waals surface area contributed by atoms with E-state index in [0.717, 1.165) is 25.1 Å². The Kier molecular flexibility index (Phi) is 4.80. The second-order valence-electron chi connectivity index (χ2n) is 3.32. The van der Waals surface area contributed by atoms with Crippen molar-refractivity contribution in [2.75, 3.05) is 13.2 Å². The number of carbonyl (C=O) groups is 1. The van der Waals surface area contributed by atoms with Crippen molar-refractivity contribution >= 4 is 5.91 Å². The average Bonchev–Trinajstić information content (AvgIpc) is 2.25. The van der Waals surface area contributed by atoms with Crippen LogP contribution in [0.15, 0.2) is 24.3 Å². The van der Waals surface area contributed by atoms with Crippen LogP contribution in [-0.4, -0.2) is 24.2 Å². The van der Waals surface area contributed by atoms with E-state index in [4.69, 9.17) is 10.8 Å². The van der Waals surface area contributed by atoms with Gasteiger partial charge in [-0.25, -0.2) is 0 Å². The van der Waals surface area contributed by atoms with E-state index in [1.807, 2.05) is 12.1 Å². The standard InChI is InChI=1S/C11H16N2O2/c12-11(15)10-4-2-9(3-5-10)8-13-6-1-7-14/h2-5,13-14H,1,6-8H2,(H2,12,15). The molecule has 0 aromatic heterocycles. The van der Waals surface area contributed by atoms with Crippen LogP contribution in [0.25, 0.3) is 0 Å². The van der Waals surface area contributed by atoms with Crippen LogP contribution >= 0.6 is 0 Å². The molecule has 4 N–H and O–H groups in total. The van der Waals surface area contributed by atoms with Crippen molar-refractivity contribution in [2.45, 2.75) is 13.0 Å². The van der Waals surface area contributed by atoms with Crippen LogP contribution in [0.4, 0.5) is 0 Å². The van der Waals surface area contributed by atoms with Crippen LogP contribution in [0.2, 0.25) is 0 Å². The second-order valence-corrected chi connectivity index (χ2v) is 3.32. The number of carbonyl (C=O) groups excluding carboxylic acids is 1. The highest BCUT2D eigenvalue weighted by molar-refractivity contribution is 5.92. The summed E-state index contributed by atoms with van der Waals surface area (Å²) in [7, 11) is 0. The van der Waals surface area contributed by atoms with Gasteiger partial charge in [0, 0.05) is 18.7 Å². The first kappa shape index (κ1) is 11.7. The van der Waals surface area contributed by atoms with Crippen molar-refractivity contribution in [3.63, 3.8) is 0 Å². The molecule has 0 bridgehead atoms. The minimum atomic E-state index is -0.408. The first-order chi connectivity index (χ1) is 7.24. The molecule has 0 saturated heterocycles. The zero-order valence-electron chi connectivity index (χ0n) is 8.57. The summed E-state index contributed by atoms with van der Waals surface area (Å²) in [5, 5.41) is 11.7. The third-order valence-electron chi connectivity index (χ3n) is 2.08. The van der Waals surface area contributed by atoms with Gasteiger partial charge < -0.3 is 16.2 Å². The van der Waals surface area contributed by atoms with Gasteiger partial charge in [-0.1, -0.05) is 12.1 Å². The predicted octanol–water partition coefficient (Wildman–Crippen LogP) is 0.257. The Labute approximate surface area is 89.1 Å². The van der Waals surface area contributed by atoms with Crippen LogP contribution in [-0.2, 0) is 6.54 Å². The van der Waals surface area contributed by atoms with Gasteiger partial charge in [0.25, 0.3) is 0 Å². The lowest BCUT2D eigenvalue weighted by molar-refractivity contribution is 0.100. The molecule has 0 saturated carbocycles. The van der Waals surface area contributed by atoms with Gasteiger partial charge in [0.15, 0.2) is 0 Å². The Balaban J connectivity index is 2.39. The fraction of sp³-hybridized carbons (Fsp3) is 0.364. The number of aliphatic hydroxyl groups excluding tert-OH is 1. The van der Waals surface area contributed by atoms with Crippen molar-refractivity contribution < 1.29 is 9.90 Å². The van der Waals surface area contributed by atoms with Gasteiger partial charge in [-0.3, -0.25) is 4.79 Å². The van der Waals surface area contributed by atoms with Crippen molar-refractivity contribution in [2.24, 2.45) is 5.73 Å². The van der Waals surface area contributed by atoms with Crippen LogP contribution in [0.5, 0.6) is 0 Å². The molecule has 0 fully saturated rings. The number of nitrogens with one attached hydrogen (secondary N) is 1. The first-order valence-corrected chi connectivity index (χ1v) is 4.94. The fourth-order valence-corrected chi connectivity index (χ4v) is 1.22. The molecule has 0 aliphatic rings. The highest BCUT2D eigenvalue weighted by Gasteiger charge is 1.98. The maximum Gasteiger partial charge on any atom is 0.248 e. The van der Waals surface area contributed by atoms with Crippen molar-refractivity contribution in [3.8, 4) is 0 Å². The monoisotopic (exact) mass is 208 g/mol. The predicted molar refractivity (Wildman–Crippen MR) is 58.4 cm³/mol. The molecule has 15 heavy (non-hydrogen) atoms. The molecule has 82 valence electrons. The number of primary amides is 1. The molecule has 0 atom stereocenters. The summed E-state index contributed by atoms with van der Waals surface area (Å²) in [5.41, 5.74) is 6.74. The van der Waals surface area contributed by atoms with Crippen LogP contribution in [0, 0.1) is 0 Å². The average molecular weight is 208 g/mol. The second kappa shape index (κ2) is 6.16. The lowest BCUT2D eigenvalue weighted by atomic mass is 10.1. The highest BCUT2D eigenvalue weighted by Crippen LogP contribution is 2.03. The molecule has 1 rings (SSSR count). The first-order valence-electron chi connectivity index (χ1n) is 4.94. The summed E-state index contributed by atoms with van der Waals surface area (Å²) in [6, 6.07) is 7.16. The Bertz CT molecular complexity index is 309. The summed E-state index contributed by atoms with van der Waals surface area (Å²) in [5.74, 6) is -0.408. The molecule has 0 aliphatic carbocycles. The van der Waals surface area contributed by atoms with Crippen molar-refractivity contribution in [1.82, 2.24) is 5.32 Å². The molecule has 0 unspecified atom stereocenters. The molecule has 1 amide bonds. The van der Waals surface area contributed by atoms with Crippen LogP contribution < -0.4 is 11.1 Å². The summed E-state index contributed by atoms with van der Waals surface area (Å²) < 4.78 is 0. The Morgan fingerprint density at radius 1 is 1.33 bits per heavy atom. The quantitative estimate of drug-likeness (QED) is 0.587. The highest BCUT2D eigenvalue weighted by atomic mass is 16.3. The number of rotatable bonds is 6. The summed E-state index contributed by atoms with van der Waals surface area (Å²) in [6.07, 6.45) is 0.749. The van der Waals surface area contributed by atoms with E-state index in [9.17, 15) is 4.79 Å². The summed E-state index contributed by atoms with van der Waals surface area (Å²) >= 11 is 0. The van der Waals surface area contributed by atoms with E-state index in [1.165, 1.54) is 0 Å². The molecule has 1 aromatic carbocycles. The number of nitrogens with two attached hydrogens (primary N) is 1. The maximum absolute atomic E-state index is 10.8. The molecule has 0 radical (unpaired) electrons. The Hall–Kier alpha value is -1.39. The molecule has 0 heterocycles. The lowest BCUT2D eigenvalue weighted by Gasteiger charge is -2.04. The molecule has 0 aliphatic heterocycles. The van der Waals surface area contributed by atoms with Gasteiger partial charge in [-0.05, 0) is 30.7 Å². The van der Waals surface area contributed by atoms with Gasteiger partial charge in [-0.2, -0.15) is 0 Å². The molecular formula is C11H16N2O2. The van der Waals surface area contributed by atoms with Gasteiger partial charge in [0.2, 0.25) is 5.91 Å². The minimum absolute atomic E-state index is 0.202. The molecule has 4 nitrogen and oxygen atoms in total. The molecule has 1 aromatic rings. The molecule has 4 heteroatoms. The van der Waals surface area contributed by atoms with Crippen LogP contribution in [0.3, 0.4) is 0 Å². The number of hydrogen-bond acceptors (Lipinski definition) is 3. The van der Waals surface area contributed by atoms with Gasteiger partial charge in [0.1, 0.15) is 0 Å². The van der Waals surface area contributed by atoms with E-state index >= 15 is 0 Å². The normalized spacial score (nSPS) is 10.2. The minimum Gasteiger partial charge on any atom is -0.396 e. The zero-order valence-corrected chi connectivity index (χ0v) is 8.57. The SMILES string of the molecule is NC(=O)c1ccc(CNCCCO)cc1. The van der Waals surface area contributed by atoms with Crippen LogP contribution in [0.1, 0.15) is 22.3 Å². The Morgan fingerprint density at radius 3 is 2.53 bits per heavy atom. The number of hydrogen-bond donors (Lipinski definition) is 3. The zero-order chi connectivity index (χ0) is 11.1. The van der Waals surface area contributed by atoms with Crippen molar-refractivity contribution in [1.29, 1.82) is 0 Å². The smallest absolute Gasteiger partial charge is 0.248 e. The van der Waals surface area contributed by atoms with E-state index in [0.29, 0.717) is 5.56 Å². The topological polar surface area (TPSA) is 75.4 Å². The fourth-order valence-electron chi connectivity index (χ4n) is 1.22. The van der Waals surface area contributed by atoms with Crippen molar-refractivity contribution in [3.05, 3.63) is 35.4 Å². The lowest BCUT2D eigenvalue weighted by Crippen LogP contribution is -2.16. The molecule has 0 spiro atoms. The number of amides is 1. The van der Waals surface area contributed by atoms with Gasteiger partial charge in [-0.15, -0.1) is 0 Å². The van der Waals surface area contributed by atoms with E-state index in [-0.39, 0.29) is 6.61 Å². The third-order valence-corrected chi connectivity index (χ3v) is 2.08. The van der Waals surface area contributed by atoms with E-state index < -0.39 is 5.91 Å². The van der Waals surface area contributed by atoms with E-state index in [1.54, 1.807) is 12.1 Å². The van der Waals surface area contributed by atoms with Gasteiger partial charge >= 0.3 is 0 Å². The number of aliphatic hydroxyl groups is 1. The molecular weight excluding hydrogens is 192 g/mol. The summed E-state index contributed by atoms with van der Waals surface area (Å²) in [4.78, 5) is 10.8. The summed E-state index contributed by atoms with van der Waals surface area (Å²) in [6.45, 7) is 1.72. The van der Waals surface area contributed by atoms with Gasteiger partial charge in [0.05, 0.1) is 0 Å². The third kappa shape index (κ3) is 4.10. The number of benzene rings is 1. The maximum atomic E-state index is 10.8.